The number of aromatic nitrogens is 1. The molecule has 2 aliphatic rings. The molecule has 4 rings (SSSR count). The first kappa shape index (κ1) is 13.9. The van der Waals surface area contributed by atoms with E-state index in [2.05, 4.69) is 15.6 Å². The Morgan fingerprint density at radius 2 is 2.05 bits per heavy atom. The van der Waals surface area contributed by atoms with Crippen LogP contribution >= 0.6 is 11.3 Å². The number of hydrogen-bond donors (Lipinski definition) is 2. The summed E-state index contributed by atoms with van der Waals surface area (Å²) in [6, 6.07) is 10.1. The number of hydrogen-bond acceptors (Lipinski definition) is 4. The van der Waals surface area contributed by atoms with E-state index in [1.807, 2.05) is 35.7 Å². The SMILES string of the molecule is O=C(Nc1nc(-c2ccccc2)cs1)C1CC12CCNCC2. The van der Waals surface area contributed by atoms with Gasteiger partial charge in [-0.25, -0.2) is 4.98 Å². The van der Waals surface area contributed by atoms with Gasteiger partial charge in [0.25, 0.3) is 0 Å². The van der Waals surface area contributed by atoms with Crippen LogP contribution in [-0.4, -0.2) is 24.0 Å². The van der Waals surface area contributed by atoms with Crippen molar-refractivity contribution in [1.29, 1.82) is 0 Å². The summed E-state index contributed by atoms with van der Waals surface area (Å²) in [6.07, 6.45) is 3.29. The number of rotatable bonds is 3. The first-order valence-corrected chi connectivity index (χ1v) is 8.67. The first-order valence-electron chi connectivity index (χ1n) is 7.79. The smallest absolute Gasteiger partial charge is 0.229 e. The number of carbonyl (C=O) groups is 1. The molecule has 1 saturated heterocycles. The van der Waals surface area contributed by atoms with E-state index in [-0.39, 0.29) is 17.2 Å². The van der Waals surface area contributed by atoms with Gasteiger partial charge in [0, 0.05) is 16.9 Å². The molecule has 2 fully saturated rings. The van der Waals surface area contributed by atoms with Crippen molar-refractivity contribution in [2.75, 3.05) is 18.4 Å². The van der Waals surface area contributed by atoms with Crippen LogP contribution in [-0.2, 0) is 4.79 Å². The van der Waals surface area contributed by atoms with Crippen molar-refractivity contribution >= 4 is 22.4 Å². The third-order valence-electron chi connectivity index (χ3n) is 4.91. The zero-order valence-electron chi connectivity index (χ0n) is 12.3. The number of nitrogens with one attached hydrogen (secondary N) is 2. The normalized spacial score (nSPS) is 22.5. The monoisotopic (exact) mass is 313 g/mol. The zero-order chi connectivity index (χ0) is 15.0. The molecule has 114 valence electrons. The minimum Gasteiger partial charge on any atom is -0.317 e. The summed E-state index contributed by atoms with van der Waals surface area (Å²) in [5.74, 6) is 0.328. The molecule has 2 heterocycles. The van der Waals surface area contributed by atoms with Gasteiger partial charge in [-0.2, -0.15) is 0 Å². The van der Waals surface area contributed by atoms with E-state index in [0.29, 0.717) is 5.13 Å². The van der Waals surface area contributed by atoms with E-state index in [0.717, 1.165) is 43.6 Å². The predicted molar refractivity (Wildman–Crippen MR) is 88.8 cm³/mol. The Balaban J connectivity index is 1.42. The standard InChI is InChI=1S/C17H19N3OS/c21-15(13-10-17(13)6-8-18-9-7-17)20-16-19-14(11-22-16)12-4-2-1-3-5-12/h1-5,11,13,18H,6-10H2,(H,19,20,21). The van der Waals surface area contributed by atoms with Gasteiger partial charge in [-0.3, -0.25) is 4.79 Å². The van der Waals surface area contributed by atoms with Gasteiger partial charge in [0.1, 0.15) is 0 Å². The van der Waals surface area contributed by atoms with Gasteiger partial charge in [0.05, 0.1) is 5.69 Å². The van der Waals surface area contributed by atoms with E-state index in [1.54, 1.807) is 0 Å². The van der Waals surface area contributed by atoms with E-state index in [1.165, 1.54) is 11.3 Å². The fraction of sp³-hybridized carbons (Fsp3) is 0.412. The highest BCUT2D eigenvalue weighted by molar-refractivity contribution is 7.14. The topological polar surface area (TPSA) is 54.0 Å². The van der Waals surface area contributed by atoms with Gasteiger partial charge in [-0.05, 0) is 37.8 Å². The van der Waals surface area contributed by atoms with Crippen LogP contribution in [0.1, 0.15) is 19.3 Å². The molecule has 1 amide bonds. The van der Waals surface area contributed by atoms with Crippen LogP contribution in [0.4, 0.5) is 5.13 Å². The van der Waals surface area contributed by atoms with Crippen LogP contribution in [0.25, 0.3) is 11.3 Å². The largest absolute Gasteiger partial charge is 0.317 e. The van der Waals surface area contributed by atoms with E-state index >= 15 is 0 Å². The maximum absolute atomic E-state index is 12.4. The number of thiazole rings is 1. The summed E-state index contributed by atoms with van der Waals surface area (Å²) in [4.78, 5) is 17.0. The number of amides is 1. The van der Waals surface area contributed by atoms with E-state index in [4.69, 9.17) is 0 Å². The second-order valence-electron chi connectivity index (χ2n) is 6.26. The van der Waals surface area contributed by atoms with Gasteiger partial charge < -0.3 is 10.6 Å². The van der Waals surface area contributed by atoms with Crippen molar-refractivity contribution < 1.29 is 4.79 Å². The Labute approximate surface area is 134 Å². The molecule has 1 aromatic carbocycles. The summed E-state index contributed by atoms with van der Waals surface area (Å²) in [5, 5.41) is 9.09. The molecule has 1 aromatic heterocycles. The lowest BCUT2D eigenvalue weighted by Crippen LogP contribution is -2.31. The molecule has 5 heteroatoms. The van der Waals surface area contributed by atoms with Crippen molar-refractivity contribution in [2.24, 2.45) is 11.3 Å². The Hall–Kier alpha value is -1.72. The molecule has 1 spiro atoms. The maximum atomic E-state index is 12.4. The lowest BCUT2D eigenvalue weighted by atomic mass is 9.92. The Morgan fingerprint density at radius 3 is 2.82 bits per heavy atom. The van der Waals surface area contributed by atoms with Crippen LogP contribution in [0.5, 0.6) is 0 Å². The van der Waals surface area contributed by atoms with Crippen LogP contribution in [0.2, 0.25) is 0 Å². The maximum Gasteiger partial charge on any atom is 0.229 e. The third-order valence-corrected chi connectivity index (χ3v) is 5.67. The van der Waals surface area contributed by atoms with Crippen molar-refractivity contribution in [3.8, 4) is 11.3 Å². The van der Waals surface area contributed by atoms with Crippen molar-refractivity contribution in [3.05, 3.63) is 35.7 Å². The summed E-state index contributed by atoms with van der Waals surface area (Å²) in [6.45, 7) is 2.08. The van der Waals surface area contributed by atoms with Gasteiger partial charge in [-0.15, -0.1) is 11.3 Å². The number of carbonyl (C=O) groups excluding carboxylic acids is 1. The Bertz CT molecular complexity index is 676. The lowest BCUT2D eigenvalue weighted by molar-refractivity contribution is -0.118. The quantitative estimate of drug-likeness (QED) is 0.915. The van der Waals surface area contributed by atoms with E-state index in [9.17, 15) is 4.79 Å². The Morgan fingerprint density at radius 1 is 1.27 bits per heavy atom. The van der Waals surface area contributed by atoms with Gasteiger partial charge in [0.2, 0.25) is 5.91 Å². The molecule has 1 atom stereocenters. The molecule has 0 bridgehead atoms. The number of nitrogens with zero attached hydrogens (tertiary/aromatic N) is 1. The third kappa shape index (κ3) is 2.55. The molecule has 4 nitrogen and oxygen atoms in total. The minimum atomic E-state index is 0.149. The molecule has 2 N–H and O–H groups in total. The molecule has 22 heavy (non-hydrogen) atoms. The van der Waals surface area contributed by atoms with E-state index < -0.39 is 0 Å². The van der Waals surface area contributed by atoms with Gasteiger partial charge >= 0.3 is 0 Å². The average molecular weight is 313 g/mol. The summed E-state index contributed by atoms with van der Waals surface area (Å²) < 4.78 is 0. The second-order valence-corrected chi connectivity index (χ2v) is 7.12. The lowest BCUT2D eigenvalue weighted by Gasteiger charge is -2.22. The highest BCUT2D eigenvalue weighted by Gasteiger charge is 2.57. The van der Waals surface area contributed by atoms with Crippen LogP contribution in [0.15, 0.2) is 35.7 Å². The van der Waals surface area contributed by atoms with Crippen LogP contribution in [0, 0.1) is 11.3 Å². The number of anilines is 1. The second kappa shape index (κ2) is 5.48. The predicted octanol–water partition coefficient (Wildman–Crippen LogP) is 3.14. The highest BCUT2D eigenvalue weighted by Crippen LogP contribution is 2.58. The summed E-state index contributed by atoms with van der Waals surface area (Å²) >= 11 is 1.50. The molecule has 2 aromatic rings. The fourth-order valence-corrected chi connectivity index (χ4v) is 4.18. The molecule has 0 radical (unpaired) electrons. The van der Waals surface area contributed by atoms with Gasteiger partial charge in [0.15, 0.2) is 5.13 Å². The molecular formula is C17H19N3OS. The number of piperidine rings is 1. The van der Waals surface area contributed by atoms with Crippen molar-refractivity contribution in [1.82, 2.24) is 10.3 Å². The number of benzene rings is 1. The average Bonchev–Trinajstić information content (AvgIpc) is 3.04. The van der Waals surface area contributed by atoms with Crippen molar-refractivity contribution in [2.45, 2.75) is 19.3 Å². The molecular weight excluding hydrogens is 294 g/mol. The minimum absolute atomic E-state index is 0.149. The van der Waals surface area contributed by atoms with Crippen LogP contribution in [0.3, 0.4) is 0 Å². The van der Waals surface area contributed by atoms with Crippen molar-refractivity contribution in [3.63, 3.8) is 0 Å². The first-order chi connectivity index (χ1) is 10.8. The van der Waals surface area contributed by atoms with Crippen LogP contribution < -0.4 is 10.6 Å². The highest BCUT2D eigenvalue weighted by atomic mass is 32.1. The fourth-order valence-electron chi connectivity index (χ4n) is 3.46. The molecule has 1 unspecified atom stereocenters. The molecule has 1 saturated carbocycles. The molecule has 1 aliphatic heterocycles. The Kier molecular flexibility index (Phi) is 3.47. The summed E-state index contributed by atoms with van der Waals surface area (Å²) in [7, 11) is 0. The molecule has 1 aliphatic carbocycles. The summed E-state index contributed by atoms with van der Waals surface area (Å²) in [5.41, 5.74) is 2.28. The van der Waals surface area contributed by atoms with Gasteiger partial charge in [-0.1, -0.05) is 30.3 Å². The zero-order valence-corrected chi connectivity index (χ0v) is 13.2.